The van der Waals surface area contributed by atoms with Crippen LogP contribution in [0, 0.1) is 0 Å². The Bertz CT molecular complexity index is 1550. The van der Waals surface area contributed by atoms with Gasteiger partial charge in [0.2, 0.25) is 0 Å². The molecule has 0 aliphatic heterocycles. The van der Waals surface area contributed by atoms with E-state index in [1.54, 1.807) is 0 Å². The highest BCUT2D eigenvalue weighted by Crippen LogP contribution is 2.14. The molecule has 0 unspecified atom stereocenters. The molecule has 0 aliphatic carbocycles. The van der Waals surface area contributed by atoms with Crippen molar-refractivity contribution < 1.29 is 177 Å². The summed E-state index contributed by atoms with van der Waals surface area (Å²) in [4.78, 5) is 70.9. The molecule has 0 aromatic carbocycles. The van der Waals surface area contributed by atoms with Crippen LogP contribution in [-0.4, -0.2) is 320 Å². The summed E-state index contributed by atoms with van der Waals surface area (Å²) in [5.41, 5.74) is 0. The van der Waals surface area contributed by atoms with E-state index in [-0.39, 0.29) is 92.5 Å². The van der Waals surface area contributed by atoms with Crippen molar-refractivity contribution in [2.45, 2.75) is 451 Å². The first kappa shape index (κ1) is 153. The summed E-state index contributed by atoms with van der Waals surface area (Å²) in [6.07, 6.45) is 53.8. The molecule has 0 aromatic rings. The SMILES string of the molecule is CCCCCCCCCC(=O)O.CCCCCCCCCC(=O)O.CCCCCCCCCC(=O)O.CCCCCCCCCC(=O)O.CCCCCCCCCC(=O)O.CCCCCCCCCC(=O)O.CCCCCCCCCC(=O)O.OCC(O)CO.OCC(O)CO.OCC(O)CO.OCC(O)CO.OCC(O)CO.OCC(O)CO.OCC(O)CO. The lowest BCUT2D eigenvalue weighted by atomic mass is 10.1. The minimum Gasteiger partial charge on any atom is -0.481 e. The molecule has 0 saturated heterocycles. The maximum Gasteiger partial charge on any atom is 0.303 e. The number of aliphatic carboxylic acids is 7. The maximum atomic E-state index is 10.1. The molecule has 0 rings (SSSR count). The van der Waals surface area contributed by atoms with Gasteiger partial charge in [-0.25, -0.2) is 0 Å². The van der Waals surface area contributed by atoms with Crippen LogP contribution >= 0.6 is 0 Å². The van der Waals surface area contributed by atoms with Gasteiger partial charge in [0.05, 0.1) is 92.5 Å². The topological polar surface area (TPSA) is 686 Å². The molecule has 0 aliphatic rings. The Kier molecular flexibility index (Phi) is 180. The summed E-state index contributed by atoms with van der Waals surface area (Å²) in [5, 5.41) is 227. The molecule has 0 saturated carbocycles. The van der Waals surface area contributed by atoms with Crippen LogP contribution in [0.2, 0.25) is 0 Å². The maximum absolute atomic E-state index is 10.1. The van der Waals surface area contributed by atoms with Crippen LogP contribution in [0.1, 0.15) is 408 Å². The molecule has 0 spiro atoms. The summed E-state index contributed by atoms with van der Waals surface area (Å²) in [6.45, 7) is 10.3. The molecule has 35 heteroatoms. The number of unbranched alkanes of at least 4 members (excludes halogenated alkanes) is 42. The fraction of sp³-hybridized carbons (Fsp3) is 0.923. The molecule has 126 heavy (non-hydrogen) atoms. The van der Waals surface area contributed by atoms with Crippen LogP contribution in [0.15, 0.2) is 0 Å². The fourth-order valence-corrected chi connectivity index (χ4v) is 9.04. The standard InChI is InChI=1S/7C10H20O2.7C3H8O3/c7*1-2-3-4-5-6-7-8-9-10(11)12;7*4-1-3(6)2-5/h7*2-9H2,1H3,(H,11,12);7*3-6H,1-2H2. The molecule has 0 heterocycles. The van der Waals surface area contributed by atoms with E-state index in [9.17, 15) is 33.6 Å². The zero-order chi connectivity index (χ0) is 99.6. The number of aliphatic hydroxyl groups excluding tert-OH is 21. The van der Waals surface area contributed by atoms with Crippen LogP contribution in [0.4, 0.5) is 0 Å². The lowest BCUT2D eigenvalue weighted by Gasteiger charge is -1.98. The number of carbonyl (C=O) groups is 7. The molecule has 35 nitrogen and oxygen atoms in total. The first-order chi connectivity index (χ1) is 60.0. The molecule has 0 radical (unpaired) electrons. The second-order valence-electron chi connectivity index (χ2n) is 30.0. The first-order valence-electron chi connectivity index (χ1n) is 46.9. The monoisotopic (exact) mass is 1850 g/mol. The van der Waals surface area contributed by atoms with Gasteiger partial charge in [-0.2, -0.15) is 0 Å². The highest BCUT2D eigenvalue weighted by atomic mass is 16.4. The van der Waals surface area contributed by atoms with Crippen LogP contribution < -0.4 is 0 Å². The smallest absolute Gasteiger partial charge is 0.303 e. The Hall–Kier alpha value is -4.55. The molecule has 0 fully saturated rings. The van der Waals surface area contributed by atoms with Crippen molar-refractivity contribution in [3.63, 3.8) is 0 Å². The van der Waals surface area contributed by atoms with Crippen molar-refractivity contribution in [1.82, 2.24) is 0 Å². The van der Waals surface area contributed by atoms with Crippen LogP contribution in [0.5, 0.6) is 0 Å². The average Bonchev–Trinajstić information content (AvgIpc) is 1.12. The molecule has 770 valence electrons. The average molecular weight is 1850 g/mol. The van der Waals surface area contributed by atoms with Gasteiger partial charge in [0, 0.05) is 44.9 Å². The Morgan fingerprint density at radius 2 is 0.198 bits per heavy atom. The van der Waals surface area contributed by atoms with Crippen molar-refractivity contribution in [3.05, 3.63) is 0 Å². The molecular formula is C91H196O35. The number of carboxylic acids is 7. The predicted molar refractivity (Wildman–Crippen MR) is 493 cm³/mol. The predicted octanol–water partition coefficient (Wildman–Crippen LogP) is 10.8. The fourth-order valence-electron chi connectivity index (χ4n) is 9.04. The number of carboxylic acid groups (broad SMARTS) is 7. The second kappa shape index (κ2) is 149. The van der Waals surface area contributed by atoms with E-state index < -0.39 is 84.5 Å². The van der Waals surface area contributed by atoms with Gasteiger partial charge in [0.15, 0.2) is 0 Å². The summed E-state index contributed by atoms with van der Waals surface area (Å²) < 4.78 is 0. The van der Waals surface area contributed by atoms with Crippen molar-refractivity contribution in [2.75, 3.05) is 92.5 Å². The highest BCUT2D eigenvalue weighted by molar-refractivity contribution is 5.68. The van der Waals surface area contributed by atoms with Gasteiger partial charge >= 0.3 is 41.8 Å². The van der Waals surface area contributed by atoms with Gasteiger partial charge in [-0.1, -0.05) is 318 Å². The Morgan fingerprint density at radius 3 is 0.246 bits per heavy atom. The lowest BCUT2D eigenvalue weighted by molar-refractivity contribution is -0.138. The lowest BCUT2D eigenvalue weighted by Crippen LogP contribution is -2.15. The normalized spacial score (nSPS) is 10.1. The first-order valence-corrected chi connectivity index (χ1v) is 46.9. The van der Waals surface area contributed by atoms with Gasteiger partial charge < -0.3 is 143 Å². The van der Waals surface area contributed by atoms with E-state index in [1.807, 2.05) is 0 Å². The van der Waals surface area contributed by atoms with Crippen LogP contribution in [0.3, 0.4) is 0 Å². The third kappa shape index (κ3) is 224. The molecule has 0 amide bonds. The number of hydrogen-bond donors (Lipinski definition) is 28. The minimum atomic E-state index is -0.954. The Labute approximate surface area is 758 Å². The number of aliphatic hydroxyl groups is 21. The van der Waals surface area contributed by atoms with Crippen molar-refractivity contribution >= 4 is 41.8 Å². The Morgan fingerprint density at radius 1 is 0.135 bits per heavy atom. The molecule has 0 atom stereocenters. The van der Waals surface area contributed by atoms with E-state index in [2.05, 4.69) is 48.5 Å². The quantitative estimate of drug-likeness (QED) is 0.0252. The van der Waals surface area contributed by atoms with E-state index in [1.165, 1.54) is 225 Å². The number of rotatable bonds is 70. The zero-order valence-electron chi connectivity index (χ0n) is 79.4. The van der Waals surface area contributed by atoms with E-state index in [0.29, 0.717) is 44.9 Å². The summed E-state index contributed by atoms with van der Waals surface area (Å²) in [5.74, 6) is -4.64. The van der Waals surface area contributed by atoms with Gasteiger partial charge in [0.1, 0.15) is 42.7 Å². The van der Waals surface area contributed by atoms with Crippen LogP contribution in [-0.2, 0) is 33.6 Å². The van der Waals surface area contributed by atoms with Crippen LogP contribution in [0.25, 0.3) is 0 Å². The zero-order valence-corrected chi connectivity index (χ0v) is 79.4. The number of hydrogen-bond acceptors (Lipinski definition) is 28. The second-order valence-corrected chi connectivity index (χ2v) is 30.0. The third-order valence-electron chi connectivity index (χ3n) is 16.9. The van der Waals surface area contributed by atoms with Gasteiger partial charge in [-0.05, 0) is 44.9 Å². The van der Waals surface area contributed by atoms with E-state index in [0.717, 1.165) is 89.9 Å². The van der Waals surface area contributed by atoms with Crippen molar-refractivity contribution in [2.24, 2.45) is 0 Å². The van der Waals surface area contributed by atoms with Gasteiger partial charge in [0.25, 0.3) is 0 Å². The van der Waals surface area contributed by atoms with Crippen molar-refractivity contribution in [3.8, 4) is 0 Å². The van der Waals surface area contributed by atoms with E-state index >= 15 is 0 Å². The highest BCUT2D eigenvalue weighted by Gasteiger charge is 2.04. The minimum absolute atomic E-state index is 0.341. The molecular weight excluding hydrogens is 1650 g/mol. The van der Waals surface area contributed by atoms with Gasteiger partial charge in [-0.3, -0.25) is 33.6 Å². The van der Waals surface area contributed by atoms with Crippen molar-refractivity contribution in [1.29, 1.82) is 0 Å². The van der Waals surface area contributed by atoms with Gasteiger partial charge in [-0.15, -0.1) is 0 Å². The molecule has 0 bridgehead atoms. The summed E-state index contributed by atoms with van der Waals surface area (Å²) in [7, 11) is 0. The summed E-state index contributed by atoms with van der Waals surface area (Å²) >= 11 is 0. The third-order valence-corrected chi connectivity index (χ3v) is 16.9. The largest absolute Gasteiger partial charge is 0.481 e. The Balaban J connectivity index is -0.0000000903. The molecule has 0 aromatic heterocycles. The summed E-state index contributed by atoms with van der Waals surface area (Å²) in [6, 6.07) is 0. The molecule has 28 N–H and O–H groups in total. The van der Waals surface area contributed by atoms with E-state index in [4.69, 9.17) is 143 Å².